The molecule has 2 heterocycles. The highest BCUT2D eigenvalue weighted by molar-refractivity contribution is 7.12. The molecule has 106 valence electrons. The molecule has 2 nitrogen and oxygen atoms in total. The Kier molecular flexibility index (Phi) is 4.25. The molecular weight excluding hydrogens is 252 g/mol. The van der Waals surface area contributed by atoms with Crippen molar-refractivity contribution in [3.05, 3.63) is 21.4 Å². The van der Waals surface area contributed by atoms with E-state index in [0.29, 0.717) is 6.54 Å². The summed E-state index contributed by atoms with van der Waals surface area (Å²) in [6.07, 6.45) is 8.67. The molecule has 2 unspecified atom stereocenters. The van der Waals surface area contributed by atoms with E-state index in [9.17, 15) is 0 Å². The van der Waals surface area contributed by atoms with Crippen LogP contribution in [0.5, 0.6) is 0 Å². The second kappa shape index (κ2) is 5.94. The Morgan fingerprint density at radius 3 is 2.84 bits per heavy atom. The molecule has 3 rings (SSSR count). The zero-order chi connectivity index (χ0) is 13.2. The Morgan fingerprint density at radius 2 is 2.05 bits per heavy atom. The van der Waals surface area contributed by atoms with E-state index >= 15 is 0 Å². The molecule has 1 aliphatic carbocycles. The lowest BCUT2D eigenvalue weighted by molar-refractivity contribution is 0.0547. The van der Waals surface area contributed by atoms with Crippen LogP contribution in [0, 0.1) is 12.8 Å². The number of thiophene rings is 1. The van der Waals surface area contributed by atoms with Gasteiger partial charge in [-0.3, -0.25) is 4.90 Å². The van der Waals surface area contributed by atoms with Gasteiger partial charge in [0.15, 0.2) is 0 Å². The molecule has 1 saturated heterocycles. The van der Waals surface area contributed by atoms with Gasteiger partial charge in [-0.25, -0.2) is 0 Å². The second-order valence-electron chi connectivity index (χ2n) is 6.22. The fraction of sp³-hybridized carbons (Fsp3) is 0.750. The lowest BCUT2D eigenvalue weighted by Crippen LogP contribution is -2.46. The predicted octanol–water partition coefficient (Wildman–Crippen LogP) is 3.67. The number of likely N-dealkylation sites (tertiary alicyclic amines) is 1. The smallest absolute Gasteiger partial charge is 0.0274 e. The van der Waals surface area contributed by atoms with Gasteiger partial charge in [0.1, 0.15) is 0 Å². The minimum atomic E-state index is 0.692. The van der Waals surface area contributed by atoms with Crippen molar-refractivity contribution in [1.29, 1.82) is 0 Å². The Morgan fingerprint density at radius 1 is 1.26 bits per heavy atom. The van der Waals surface area contributed by atoms with Gasteiger partial charge in [-0.1, -0.05) is 12.8 Å². The summed E-state index contributed by atoms with van der Waals surface area (Å²) in [4.78, 5) is 5.57. The van der Waals surface area contributed by atoms with Crippen LogP contribution in [0.4, 0.5) is 0 Å². The molecule has 0 spiro atoms. The summed E-state index contributed by atoms with van der Waals surface area (Å²) in [5, 5.41) is 0. The molecule has 0 bridgehead atoms. The van der Waals surface area contributed by atoms with Gasteiger partial charge < -0.3 is 5.73 Å². The highest BCUT2D eigenvalue weighted by Crippen LogP contribution is 2.36. The summed E-state index contributed by atoms with van der Waals surface area (Å²) in [6.45, 7) is 5.40. The van der Waals surface area contributed by atoms with Gasteiger partial charge >= 0.3 is 0 Å². The van der Waals surface area contributed by atoms with Gasteiger partial charge in [0, 0.05) is 28.9 Å². The normalized spacial score (nSPS) is 28.3. The van der Waals surface area contributed by atoms with E-state index in [4.69, 9.17) is 5.73 Å². The highest BCUT2D eigenvalue weighted by Gasteiger charge is 2.33. The Labute approximate surface area is 121 Å². The van der Waals surface area contributed by atoms with Gasteiger partial charge in [-0.2, -0.15) is 0 Å². The zero-order valence-electron chi connectivity index (χ0n) is 12.0. The number of nitrogens with zero attached hydrogens (tertiary/aromatic N) is 1. The molecule has 1 aromatic rings. The van der Waals surface area contributed by atoms with Crippen LogP contribution < -0.4 is 5.73 Å². The first-order chi connectivity index (χ1) is 9.28. The third-order valence-corrected chi connectivity index (χ3v) is 6.12. The van der Waals surface area contributed by atoms with Crippen molar-refractivity contribution in [2.24, 2.45) is 11.7 Å². The standard InChI is InChI=1S/C16H26N2S/c1-12-14(9-15(10-17)19-12)11-18-8-4-6-13-5-2-3-7-16(13)18/h9,13,16H,2-8,10-11,17H2,1H3. The van der Waals surface area contributed by atoms with Gasteiger partial charge in [-0.15, -0.1) is 11.3 Å². The predicted molar refractivity (Wildman–Crippen MR) is 82.3 cm³/mol. The number of hydrogen-bond acceptors (Lipinski definition) is 3. The van der Waals surface area contributed by atoms with E-state index in [1.54, 1.807) is 0 Å². The Hall–Kier alpha value is -0.380. The first-order valence-electron chi connectivity index (χ1n) is 7.80. The van der Waals surface area contributed by atoms with Gasteiger partial charge in [-0.05, 0) is 56.7 Å². The SMILES string of the molecule is Cc1sc(CN)cc1CN1CCCC2CCCCC21. The van der Waals surface area contributed by atoms with E-state index in [1.165, 1.54) is 60.4 Å². The summed E-state index contributed by atoms with van der Waals surface area (Å²) in [7, 11) is 0. The van der Waals surface area contributed by atoms with Crippen molar-refractivity contribution < 1.29 is 0 Å². The monoisotopic (exact) mass is 278 g/mol. The third-order valence-electron chi connectivity index (χ3n) is 5.00. The van der Waals surface area contributed by atoms with Crippen LogP contribution in [0.2, 0.25) is 0 Å². The summed E-state index contributed by atoms with van der Waals surface area (Å²) < 4.78 is 0. The van der Waals surface area contributed by atoms with Crippen LogP contribution in [0.1, 0.15) is 53.8 Å². The summed E-state index contributed by atoms with van der Waals surface area (Å²) in [6, 6.07) is 3.20. The third kappa shape index (κ3) is 2.88. The van der Waals surface area contributed by atoms with Crippen molar-refractivity contribution in [1.82, 2.24) is 4.90 Å². The fourth-order valence-electron chi connectivity index (χ4n) is 3.99. The van der Waals surface area contributed by atoms with E-state index < -0.39 is 0 Å². The van der Waals surface area contributed by atoms with Gasteiger partial charge in [0.05, 0.1) is 0 Å². The molecule has 19 heavy (non-hydrogen) atoms. The topological polar surface area (TPSA) is 29.3 Å². The van der Waals surface area contributed by atoms with E-state index in [2.05, 4.69) is 17.9 Å². The van der Waals surface area contributed by atoms with Crippen molar-refractivity contribution >= 4 is 11.3 Å². The average molecular weight is 278 g/mol. The van der Waals surface area contributed by atoms with E-state index in [-0.39, 0.29) is 0 Å². The molecule has 2 atom stereocenters. The number of piperidine rings is 1. The lowest BCUT2D eigenvalue weighted by atomic mass is 9.78. The van der Waals surface area contributed by atoms with E-state index in [0.717, 1.165) is 18.5 Å². The van der Waals surface area contributed by atoms with E-state index in [1.807, 2.05) is 11.3 Å². The van der Waals surface area contributed by atoms with Crippen LogP contribution >= 0.6 is 11.3 Å². The van der Waals surface area contributed by atoms with Crippen LogP contribution in [-0.4, -0.2) is 17.5 Å². The number of rotatable bonds is 3. The molecule has 0 amide bonds. The molecule has 1 aliphatic heterocycles. The molecule has 2 N–H and O–H groups in total. The highest BCUT2D eigenvalue weighted by atomic mass is 32.1. The van der Waals surface area contributed by atoms with Crippen LogP contribution in [-0.2, 0) is 13.1 Å². The Bertz CT molecular complexity index is 424. The molecule has 1 saturated carbocycles. The molecule has 1 aromatic heterocycles. The van der Waals surface area contributed by atoms with Crippen molar-refractivity contribution in [3.8, 4) is 0 Å². The van der Waals surface area contributed by atoms with Crippen molar-refractivity contribution in [2.75, 3.05) is 6.54 Å². The van der Waals surface area contributed by atoms with Gasteiger partial charge in [0.2, 0.25) is 0 Å². The minimum absolute atomic E-state index is 0.692. The number of fused-ring (bicyclic) bond motifs is 1. The maximum absolute atomic E-state index is 5.77. The second-order valence-corrected chi connectivity index (χ2v) is 7.56. The van der Waals surface area contributed by atoms with Crippen LogP contribution in [0.15, 0.2) is 6.07 Å². The largest absolute Gasteiger partial charge is 0.326 e. The van der Waals surface area contributed by atoms with Crippen molar-refractivity contribution in [2.45, 2.75) is 64.6 Å². The van der Waals surface area contributed by atoms with Gasteiger partial charge in [0.25, 0.3) is 0 Å². The molecule has 2 fully saturated rings. The summed E-state index contributed by atoms with van der Waals surface area (Å²) in [5.41, 5.74) is 7.29. The Balaban J connectivity index is 1.72. The zero-order valence-corrected chi connectivity index (χ0v) is 12.8. The molecule has 0 radical (unpaired) electrons. The number of nitrogens with two attached hydrogens (primary N) is 1. The quantitative estimate of drug-likeness (QED) is 0.914. The molecular formula is C16H26N2S. The number of aryl methyl sites for hydroxylation is 1. The fourth-order valence-corrected chi connectivity index (χ4v) is 4.92. The maximum atomic E-state index is 5.77. The maximum Gasteiger partial charge on any atom is 0.0274 e. The minimum Gasteiger partial charge on any atom is -0.326 e. The van der Waals surface area contributed by atoms with Crippen molar-refractivity contribution in [3.63, 3.8) is 0 Å². The average Bonchev–Trinajstić information content (AvgIpc) is 2.80. The molecule has 3 heteroatoms. The first-order valence-corrected chi connectivity index (χ1v) is 8.62. The lowest BCUT2D eigenvalue weighted by Gasteiger charge is -2.44. The summed E-state index contributed by atoms with van der Waals surface area (Å²) >= 11 is 1.88. The first kappa shape index (κ1) is 13.6. The number of hydrogen-bond donors (Lipinski definition) is 1. The molecule has 2 aliphatic rings. The summed E-state index contributed by atoms with van der Waals surface area (Å²) in [5.74, 6) is 0.982. The molecule has 0 aromatic carbocycles. The van der Waals surface area contributed by atoms with Crippen LogP contribution in [0.25, 0.3) is 0 Å². The van der Waals surface area contributed by atoms with Crippen LogP contribution in [0.3, 0.4) is 0 Å².